The Balaban J connectivity index is 2.40. The normalized spacial score (nSPS) is 14.4. The molecule has 0 heterocycles. The lowest BCUT2D eigenvalue weighted by atomic mass is 10.1. The average molecular weight is 267 g/mol. The van der Waals surface area contributed by atoms with Gasteiger partial charge >= 0.3 is 0 Å². The van der Waals surface area contributed by atoms with Crippen molar-refractivity contribution in [3.05, 3.63) is 29.8 Å². The van der Waals surface area contributed by atoms with Crippen molar-refractivity contribution in [1.29, 1.82) is 0 Å². The molecule has 0 saturated carbocycles. The maximum atomic E-state index is 9.95. The van der Waals surface area contributed by atoms with E-state index in [0.717, 1.165) is 25.3 Å². The quantitative estimate of drug-likeness (QED) is 0.559. The first kappa shape index (κ1) is 15.5. The molecule has 1 aromatic carbocycles. The molecular weight excluding hydrogens is 242 g/mol. The lowest BCUT2D eigenvalue weighted by molar-refractivity contribution is 0.0816. The number of thioether (sulfide) groups is 1. The molecule has 1 atom stereocenters. The van der Waals surface area contributed by atoms with Crippen LogP contribution in [0.5, 0.6) is 0 Å². The highest BCUT2D eigenvalue weighted by molar-refractivity contribution is 7.99. The highest BCUT2D eigenvalue weighted by atomic mass is 32.2. The van der Waals surface area contributed by atoms with Crippen molar-refractivity contribution in [3.63, 3.8) is 0 Å². The fourth-order valence-electron chi connectivity index (χ4n) is 1.45. The molecule has 0 aliphatic carbocycles. The second-order valence-electron chi connectivity index (χ2n) is 4.96. The van der Waals surface area contributed by atoms with Crippen LogP contribution in [0.25, 0.3) is 0 Å². The molecule has 0 saturated heterocycles. The fraction of sp³-hybridized carbons (Fsp3) is 0.600. The van der Waals surface area contributed by atoms with Crippen LogP contribution in [0.15, 0.2) is 29.2 Å². The summed E-state index contributed by atoms with van der Waals surface area (Å²) in [6.45, 7) is 8.08. The molecular formula is C15H25NOS. The molecule has 18 heavy (non-hydrogen) atoms. The molecule has 2 N–H and O–H groups in total. The van der Waals surface area contributed by atoms with Gasteiger partial charge in [0.2, 0.25) is 0 Å². The predicted molar refractivity (Wildman–Crippen MR) is 80.1 cm³/mol. The number of hydrogen-bond acceptors (Lipinski definition) is 3. The average Bonchev–Trinajstić information content (AvgIpc) is 2.38. The lowest BCUT2D eigenvalue weighted by Crippen LogP contribution is -2.25. The number of aliphatic hydroxyl groups is 1. The summed E-state index contributed by atoms with van der Waals surface area (Å²) in [5, 5.41) is 13.3. The zero-order chi connectivity index (χ0) is 13.4. The van der Waals surface area contributed by atoms with Gasteiger partial charge in [0.25, 0.3) is 0 Å². The van der Waals surface area contributed by atoms with Gasteiger partial charge < -0.3 is 10.4 Å². The summed E-state index contributed by atoms with van der Waals surface area (Å²) in [5.74, 6) is 0.747. The smallest absolute Gasteiger partial charge is 0.0710 e. The Labute approximate surface area is 115 Å². The van der Waals surface area contributed by atoms with Crippen molar-refractivity contribution >= 4 is 11.8 Å². The van der Waals surface area contributed by atoms with Crippen LogP contribution in [-0.2, 0) is 6.54 Å². The zero-order valence-corrected chi connectivity index (χ0v) is 12.5. The maximum Gasteiger partial charge on any atom is 0.0710 e. The third kappa shape index (κ3) is 5.89. The Morgan fingerprint density at radius 3 is 2.44 bits per heavy atom. The maximum absolute atomic E-state index is 9.95. The lowest BCUT2D eigenvalue weighted by Gasteiger charge is -2.20. The summed E-state index contributed by atoms with van der Waals surface area (Å²) >= 11 is 1.72. The summed E-state index contributed by atoms with van der Waals surface area (Å²) in [7, 11) is 0. The Kier molecular flexibility index (Phi) is 6.76. The van der Waals surface area contributed by atoms with Gasteiger partial charge in [-0.1, -0.05) is 26.0 Å². The third-order valence-corrected chi connectivity index (χ3v) is 4.36. The minimum absolute atomic E-state index is 0.563. The molecule has 3 heteroatoms. The van der Waals surface area contributed by atoms with E-state index in [-0.39, 0.29) is 0 Å². The molecule has 0 aliphatic heterocycles. The third-order valence-electron chi connectivity index (χ3n) is 2.99. The number of nitrogens with one attached hydrogen (secondary N) is 1. The second kappa shape index (κ2) is 7.82. The number of benzene rings is 1. The number of rotatable bonds is 8. The highest BCUT2D eigenvalue weighted by Crippen LogP contribution is 2.24. The minimum Gasteiger partial charge on any atom is -0.389 e. The SMILES string of the molecule is CCCNCc1ccc(SCC(C)(O)CC)cc1. The van der Waals surface area contributed by atoms with Gasteiger partial charge in [-0.25, -0.2) is 0 Å². The molecule has 1 aromatic rings. The van der Waals surface area contributed by atoms with Gasteiger partial charge in [-0.3, -0.25) is 0 Å². The first-order valence-electron chi connectivity index (χ1n) is 6.72. The van der Waals surface area contributed by atoms with E-state index >= 15 is 0 Å². The Bertz CT molecular complexity index is 335. The molecule has 0 aliphatic rings. The van der Waals surface area contributed by atoms with Crippen LogP contribution in [0.4, 0.5) is 0 Å². The Morgan fingerprint density at radius 1 is 1.22 bits per heavy atom. The van der Waals surface area contributed by atoms with Crippen LogP contribution >= 0.6 is 11.8 Å². The van der Waals surface area contributed by atoms with Crippen LogP contribution in [-0.4, -0.2) is 23.0 Å². The summed E-state index contributed by atoms with van der Waals surface area (Å²) in [6.07, 6.45) is 1.96. The highest BCUT2D eigenvalue weighted by Gasteiger charge is 2.17. The van der Waals surface area contributed by atoms with Gasteiger partial charge in [-0.05, 0) is 44.0 Å². The van der Waals surface area contributed by atoms with Crippen LogP contribution in [0.1, 0.15) is 39.2 Å². The van der Waals surface area contributed by atoms with E-state index in [1.807, 2.05) is 13.8 Å². The first-order chi connectivity index (χ1) is 8.57. The van der Waals surface area contributed by atoms with Crippen LogP contribution in [0.2, 0.25) is 0 Å². The van der Waals surface area contributed by atoms with Gasteiger partial charge in [-0.2, -0.15) is 0 Å². The predicted octanol–water partition coefficient (Wildman–Crippen LogP) is 3.44. The van der Waals surface area contributed by atoms with E-state index < -0.39 is 5.60 Å². The molecule has 102 valence electrons. The summed E-state index contributed by atoms with van der Waals surface area (Å²) in [6, 6.07) is 8.59. The topological polar surface area (TPSA) is 32.3 Å². The minimum atomic E-state index is -0.563. The van der Waals surface area contributed by atoms with Crippen LogP contribution < -0.4 is 5.32 Å². The molecule has 0 bridgehead atoms. The summed E-state index contributed by atoms with van der Waals surface area (Å²) in [5.41, 5.74) is 0.751. The molecule has 0 amide bonds. The Hall–Kier alpha value is -0.510. The van der Waals surface area contributed by atoms with E-state index in [1.54, 1.807) is 11.8 Å². The van der Waals surface area contributed by atoms with Crippen LogP contribution in [0.3, 0.4) is 0 Å². The summed E-state index contributed by atoms with van der Waals surface area (Å²) < 4.78 is 0. The van der Waals surface area contributed by atoms with E-state index in [2.05, 4.69) is 36.5 Å². The standard InChI is InChI=1S/C15H25NOS/c1-4-10-16-11-13-6-8-14(9-7-13)18-12-15(3,17)5-2/h6-9,16-17H,4-5,10-12H2,1-3H3. The van der Waals surface area contributed by atoms with Gasteiger partial charge in [0, 0.05) is 17.2 Å². The summed E-state index contributed by atoms with van der Waals surface area (Å²) in [4.78, 5) is 1.22. The zero-order valence-electron chi connectivity index (χ0n) is 11.7. The van der Waals surface area contributed by atoms with E-state index in [1.165, 1.54) is 16.9 Å². The molecule has 2 nitrogen and oxygen atoms in total. The largest absolute Gasteiger partial charge is 0.389 e. The van der Waals surface area contributed by atoms with E-state index in [4.69, 9.17) is 0 Å². The van der Waals surface area contributed by atoms with E-state index in [0.29, 0.717) is 0 Å². The van der Waals surface area contributed by atoms with E-state index in [9.17, 15) is 5.11 Å². The molecule has 1 rings (SSSR count). The van der Waals surface area contributed by atoms with Gasteiger partial charge in [0.15, 0.2) is 0 Å². The van der Waals surface area contributed by atoms with Crippen molar-refractivity contribution < 1.29 is 5.11 Å². The Morgan fingerprint density at radius 2 is 1.89 bits per heavy atom. The van der Waals surface area contributed by atoms with Crippen molar-refractivity contribution in [1.82, 2.24) is 5.32 Å². The second-order valence-corrected chi connectivity index (χ2v) is 6.01. The fourth-order valence-corrected chi connectivity index (χ4v) is 2.46. The van der Waals surface area contributed by atoms with Crippen molar-refractivity contribution in [2.75, 3.05) is 12.3 Å². The monoisotopic (exact) mass is 267 g/mol. The van der Waals surface area contributed by atoms with Gasteiger partial charge in [0.05, 0.1) is 5.60 Å². The molecule has 1 unspecified atom stereocenters. The first-order valence-corrected chi connectivity index (χ1v) is 7.71. The molecule has 0 fully saturated rings. The van der Waals surface area contributed by atoms with Crippen molar-refractivity contribution in [3.8, 4) is 0 Å². The number of hydrogen-bond donors (Lipinski definition) is 2. The van der Waals surface area contributed by atoms with Gasteiger partial charge in [-0.15, -0.1) is 11.8 Å². The molecule has 0 radical (unpaired) electrons. The van der Waals surface area contributed by atoms with Gasteiger partial charge in [0.1, 0.15) is 0 Å². The molecule has 0 spiro atoms. The van der Waals surface area contributed by atoms with Crippen LogP contribution in [0, 0.1) is 0 Å². The van der Waals surface area contributed by atoms with Crippen molar-refractivity contribution in [2.24, 2.45) is 0 Å². The van der Waals surface area contributed by atoms with Crippen molar-refractivity contribution in [2.45, 2.75) is 50.7 Å². The molecule has 0 aromatic heterocycles.